The molecule has 1 aliphatic heterocycles. The van der Waals surface area contributed by atoms with Crippen LogP contribution in [-0.2, 0) is 19.6 Å². The van der Waals surface area contributed by atoms with Crippen LogP contribution in [0.4, 0.5) is 16.2 Å². The van der Waals surface area contributed by atoms with Gasteiger partial charge in [-0.25, -0.2) is 13.2 Å². The van der Waals surface area contributed by atoms with Crippen LogP contribution in [-0.4, -0.2) is 62.0 Å². The summed E-state index contributed by atoms with van der Waals surface area (Å²) in [6.45, 7) is 2.05. The fourth-order valence-corrected chi connectivity index (χ4v) is 3.77. The fourth-order valence-electron chi connectivity index (χ4n) is 2.63. The first-order valence-electron chi connectivity index (χ1n) is 8.67. The minimum absolute atomic E-state index is 0.0449. The molecule has 0 radical (unpaired) electrons. The molecule has 27 heavy (non-hydrogen) atoms. The Labute approximate surface area is 158 Å². The van der Waals surface area contributed by atoms with E-state index in [1.54, 1.807) is 38.2 Å². The molecule has 1 aliphatic rings. The smallest absolute Gasteiger partial charge is 0.326 e. The fraction of sp³-hybridized carbons (Fsp3) is 0.471. The van der Waals surface area contributed by atoms with Crippen molar-refractivity contribution in [2.24, 2.45) is 0 Å². The Kier molecular flexibility index (Phi) is 6.78. The van der Waals surface area contributed by atoms with Gasteiger partial charge in [-0.2, -0.15) is 0 Å². The minimum atomic E-state index is -3.35. The summed E-state index contributed by atoms with van der Waals surface area (Å²) in [5, 5.41) is 2.70. The van der Waals surface area contributed by atoms with Crippen molar-refractivity contribution < 1.29 is 22.8 Å². The molecule has 4 amide bonds. The maximum absolute atomic E-state index is 12.0. The molecule has 0 bridgehead atoms. The van der Waals surface area contributed by atoms with E-state index in [1.165, 1.54) is 4.90 Å². The quantitative estimate of drug-likeness (QED) is 0.613. The lowest BCUT2D eigenvalue weighted by Crippen LogP contribution is -2.32. The highest BCUT2D eigenvalue weighted by molar-refractivity contribution is 7.92. The summed E-state index contributed by atoms with van der Waals surface area (Å²) in [6, 6.07) is 6.00. The molecule has 2 rings (SSSR count). The molecule has 0 spiro atoms. The second-order valence-electron chi connectivity index (χ2n) is 6.33. The molecule has 2 N–H and O–H groups in total. The Morgan fingerprint density at radius 2 is 1.78 bits per heavy atom. The van der Waals surface area contributed by atoms with E-state index in [0.29, 0.717) is 24.2 Å². The summed E-state index contributed by atoms with van der Waals surface area (Å²) in [5.41, 5.74) is 0.961. The predicted molar refractivity (Wildman–Crippen MR) is 102 cm³/mol. The summed E-state index contributed by atoms with van der Waals surface area (Å²) in [6.07, 6.45) is 1.05. The Bertz CT molecular complexity index is 807. The van der Waals surface area contributed by atoms with Gasteiger partial charge in [-0.1, -0.05) is 6.92 Å². The number of hydrogen-bond donors (Lipinski definition) is 2. The molecule has 0 aromatic heterocycles. The van der Waals surface area contributed by atoms with Crippen LogP contribution >= 0.6 is 0 Å². The van der Waals surface area contributed by atoms with E-state index in [2.05, 4.69) is 10.0 Å². The van der Waals surface area contributed by atoms with Crippen molar-refractivity contribution in [3.63, 3.8) is 0 Å². The highest BCUT2D eigenvalue weighted by Gasteiger charge is 2.32. The number of carbonyl (C=O) groups excluding carboxylic acids is 3. The van der Waals surface area contributed by atoms with Crippen molar-refractivity contribution >= 4 is 39.2 Å². The largest absolute Gasteiger partial charge is 0.326 e. The van der Waals surface area contributed by atoms with E-state index in [9.17, 15) is 22.8 Å². The van der Waals surface area contributed by atoms with Gasteiger partial charge in [0.15, 0.2) is 0 Å². The number of imide groups is 1. The second-order valence-corrected chi connectivity index (χ2v) is 8.18. The normalized spacial score (nSPS) is 14.6. The van der Waals surface area contributed by atoms with E-state index >= 15 is 0 Å². The molecule has 10 heteroatoms. The number of benzene rings is 1. The third kappa shape index (κ3) is 5.95. The summed E-state index contributed by atoms with van der Waals surface area (Å²) in [4.78, 5) is 37.9. The van der Waals surface area contributed by atoms with Gasteiger partial charge in [0.1, 0.15) is 6.54 Å². The Morgan fingerprint density at radius 1 is 1.15 bits per heavy atom. The first-order valence-corrected chi connectivity index (χ1v) is 10.3. The minimum Gasteiger partial charge on any atom is -0.326 e. The number of urea groups is 1. The Morgan fingerprint density at radius 3 is 2.33 bits per heavy atom. The summed E-state index contributed by atoms with van der Waals surface area (Å²) in [5.74, 6) is -0.464. The molecule has 148 valence electrons. The van der Waals surface area contributed by atoms with Gasteiger partial charge in [-0.3, -0.25) is 19.2 Å². The van der Waals surface area contributed by atoms with Crippen LogP contribution < -0.4 is 10.0 Å². The third-order valence-corrected chi connectivity index (χ3v) is 5.42. The van der Waals surface area contributed by atoms with Crippen LogP contribution in [0.2, 0.25) is 0 Å². The number of hydrogen-bond acceptors (Lipinski definition) is 5. The number of amides is 4. The van der Waals surface area contributed by atoms with Crippen molar-refractivity contribution in [3.05, 3.63) is 24.3 Å². The van der Waals surface area contributed by atoms with Crippen molar-refractivity contribution in [3.8, 4) is 0 Å². The Balaban J connectivity index is 1.79. The van der Waals surface area contributed by atoms with Crippen molar-refractivity contribution in [2.75, 3.05) is 35.9 Å². The molecule has 0 atom stereocenters. The third-order valence-electron chi connectivity index (χ3n) is 3.93. The van der Waals surface area contributed by atoms with Gasteiger partial charge in [0, 0.05) is 31.4 Å². The van der Waals surface area contributed by atoms with Crippen LogP contribution in [0.3, 0.4) is 0 Å². The zero-order valence-electron chi connectivity index (χ0n) is 15.4. The molecule has 0 saturated carbocycles. The number of carbonyl (C=O) groups is 3. The molecule has 1 heterocycles. The standard InChI is InChI=1S/C17H24N4O5S/c1-3-11-27(25,26)19-14-8-6-13(7-9-14)18-15(22)5-4-10-21-16(23)12-20(2)17(21)24/h6-9,19H,3-5,10-12H2,1-2H3,(H,18,22). The monoisotopic (exact) mass is 396 g/mol. The van der Waals surface area contributed by atoms with Gasteiger partial charge < -0.3 is 10.2 Å². The zero-order chi connectivity index (χ0) is 20.0. The Hall–Kier alpha value is -2.62. The van der Waals surface area contributed by atoms with Crippen LogP contribution in [0.15, 0.2) is 24.3 Å². The molecule has 0 unspecified atom stereocenters. The molecule has 9 nitrogen and oxygen atoms in total. The van der Waals surface area contributed by atoms with Gasteiger partial charge in [0.2, 0.25) is 21.8 Å². The van der Waals surface area contributed by atoms with E-state index in [0.717, 1.165) is 4.90 Å². The number of anilines is 2. The van der Waals surface area contributed by atoms with Crippen LogP contribution in [0.25, 0.3) is 0 Å². The molecule has 1 saturated heterocycles. The lowest BCUT2D eigenvalue weighted by Gasteiger charge is -2.13. The second kappa shape index (κ2) is 8.85. The first kappa shape index (κ1) is 20.7. The van der Waals surface area contributed by atoms with Crippen LogP contribution in [0.5, 0.6) is 0 Å². The van der Waals surface area contributed by atoms with E-state index in [1.807, 2.05) is 0 Å². The molecule has 1 aromatic carbocycles. The van der Waals surface area contributed by atoms with Crippen molar-refractivity contribution in [1.29, 1.82) is 0 Å². The highest BCUT2D eigenvalue weighted by atomic mass is 32.2. The molecular formula is C17H24N4O5S. The molecule has 1 fully saturated rings. The molecule has 0 aliphatic carbocycles. The molecule has 1 aromatic rings. The lowest BCUT2D eigenvalue weighted by atomic mass is 10.2. The van der Waals surface area contributed by atoms with Gasteiger partial charge in [-0.15, -0.1) is 0 Å². The maximum Gasteiger partial charge on any atom is 0.326 e. The summed E-state index contributed by atoms with van der Waals surface area (Å²) < 4.78 is 25.9. The van der Waals surface area contributed by atoms with Gasteiger partial charge in [0.05, 0.1) is 5.75 Å². The number of rotatable bonds is 9. The number of nitrogens with zero attached hydrogens (tertiary/aromatic N) is 2. The van der Waals surface area contributed by atoms with Gasteiger partial charge in [-0.05, 0) is 37.1 Å². The topological polar surface area (TPSA) is 116 Å². The first-order chi connectivity index (χ1) is 12.7. The van der Waals surface area contributed by atoms with Gasteiger partial charge >= 0.3 is 6.03 Å². The van der Waals surface area contributed by atoms with E-state index in [-0.39, 0.29) is 43.1 Å². The van der Waals surface area contributed by atoms with Gasteiger partial charge in [0.25, 0.3) is 0 Å². The van der Waals surface area contributed by atoms with Crippen LogP contribution in [0, 0.1) is 0 Å². The summed E-state index contributed by atoms with van der Waals surface area (Å²) in [7, 11) is -1.80. The van der Waals surface area contributed by atoms with Crippen molar-refractivity contribution in [1.82, 2.24) is 9.80 Å². The average molecular weight is 396 g/mol. The lowest BCUT2D eigenvalue weighted by molar-refractivity contribution is -0.125. The highest BCUT2D eigenvalue weighted by Crippen LogP contribution is 2.16. The summed E-state index contributed by atoms with van der Waals surface area (Å²) >= 11 is 0. The molecular weight excluding hydrogens is 372 g/mol. The SMILES string of the molecule is CCCS(=O)(=O)Nc1ccc(NC(=O)CCCN2C(=O)CN(C)C2=O)cc1. The predicted octanol–water partition coefficient (Wildman–Crippen LogP) is 1.45. The maximum atomic E-state index is 12.0. The van der Waals surface area contributed by atoms with E-state index < -0.39 is 10.0 Å². The number of nitrogens with one attached hydrogen (secondary N) is 2. The van der Waals surface area contributed by atoms with Crippen LogP contribution in [0.1, 0.15) is 26.2 Å². The van der Waals surface area contributed by atoms with Crippen molar-refractivity contribution in [2.45, 2.75) is 26.2 Å². The number of sulfonamides is 1. The average Bonchev–Trinajstić information content (AvgIpc) is 2.82. The van der Waals surface area contributed by atoms with E-state index in [4.69, 9.17) is 0 Å². The zero-order valence-corrected chi connectivity index (χ0v) is 16.2. The number of likely N-dealkylation sites (N-methyl/N-ethyl adjacent to an activating group) is 1.